The summed E-state index contributed by atoms with van der Waals surface area (Å²) in [6.07, 6.45) is 3.40. The van der Waals surface area contributed by atoms with Gasteiger partial charge in [-0.05, 0) is 24.3 Å². The number of thioether (sulfide) groups is 1. The van der Waals surface area contributed by atoms with Gasteiger partial charge in [0.05, 0.1) is 18.6 Å². The highest BCUT2D eigenvalue weighted by Crippen LogP contribution is 2.27. The van der Waals surface area contributed by atoms with Crippen LogP contribution < -0.4 is 15.8 Å². The van der Waals surface area contributed by atoms with Gasteiger partial charge in [-0.2, -0.15) is 0 Å². The second kappa shape index (κ2) is 6.81. The molecule has 0 spiro atoms. The highest BCUT2D eigenvalue weighted by molar-refractivity contribution is 8.00. The Morgan fingerprint density at radius 3 is 2.80 bits per heavy atom. The van der Waals surface area contributed by atoms with Gasteiger partial charge >= 0.3 is 0 Å². The average molecular weight is 289 g/mol. The predicted octanol–water partition coefficient (Wildman–Crippen LogP) is 2.40. The molecule has 0 aliphatic carbocycles. The number of hydrogen-bond acceptors (Lipinski definition) is 5. The number of benzene rings is 1. The van der Waals surface area contributed by atoms with Gasteiger partial charge in [0.2, 0.25) is 5.91 Å². The largest absolute Gasteiger partial charge is 0.494 e. The minimum absolute atomic E-state index is 0.102. The number of ether oxygens (including phenoxy) is 1. The SMILES string of the molecule is COc1cc(N)ccc1NC(=O)CSc1ccncc1. The molecule has 1 heterocycles. The van der Waals surface area contributed by atoms with Gasteiger partial charge < -0.3 is 15.8 Å². The molecule has 0 saturated heterocycles. The summed E-state index contributed by atoms with van der Waals surface area (Å²) in [7, 11) is 1.54. The molecule has 0 aliphatic heterocycles. The molecule has 2 aromatic rings. The van der Waals surface area contributed by atoms with E-state index in [4.69, 9.17) is 10.5 Å². The van der Waals surface area contributed by atoms with E-state index in [2.05, 4.69) is 10.3 Å². The van der Waals surface area contributed by atoms with E-state index in [-0.39, 0.29) is 5.91 Å². The van der Waals surface area contributed by atoms with Crippen molar-refractivity contribution in [3.63, 3.8) is 0 Å². The average Bonchev–Trinajstić information content (AvgIpc) is 2.48. The number of anilines is 2. The fourth-order valence-corrected chi connectivity index (χ4v) is 2.26. The number of rotatable bonds is 5. The van der Waals surface area contributed by atoms with Gasteiger partial charge in [-0.3, -0.25) is 9.78 Å². The van der Waals surface area contributed by atoms with Crippen LogP contribution in [0.3, 0.4) is 0 Å². The Morgan fingerprint density at radius 2 is 2.10 bits per heavy atom. The fraction of sp³-hybridized carbons (Fsp3) is 0.143. The number of carbonyl (C=O) groups excluding carboxylic acids is 1. The van der Waals surface area contributed by atoms with Crippen molar-refractivity contribution >= 4 is 29.0 Å². The summed E-state index contributed by atoms with van der Waals surface area (Å²) < 4.78 is 5.18. The van der Waals surface area contributed by atoms with Gasteiger partial charge in [-0.25, -0.2) is 0 Å². The van der Waals surface area contributed by atoms with Crippen LogP contribution in [0.2, 0.25) is 0 Å². The molecule has 1 aromatic carbocycles. The first-order valence-electron chi connectivity index (χ1n) is 5.95. The third-order valence-electron chi connectivity index (χ3n) is 2.52. The van der Waals surface area contributed by atoms with Gasteiger partial charge in [-0.1, -0.05) is 0 Å². The zero-order valence-electron chi connectivity index (χ0n) is 11.0. The second-order valence-electron chi connectivity index (χ2n) is 3.98. The molecule has 104 valence electrons. The third kappa shape index (κ3) is 3.89. The Hall–Kier alpha value is -2.21. The number of hydrogen-bond donors (Lipinski definition) is 2. The van der Waals surface area contributed by atoms with Crippen molar-refractivity contribution in [1.82, 2.24) is 4.98 Å². The summed E-state index contributed by atoms with van der Waals surface area (Å²) in [6, 6.07) is 8.84. The van der Waals surface area contributed by atoms with E-state index in [1.165, 1.54) is 18.9 Å². The zero-order valence-corrected chi connectivity index (χ0v) is 11.8. The molecule has 3 N–H and O–H groups in total. The molecule has 6 heteroatoms. The summed E-state index contributed by atoms with van der Waals surface area (Å²) in [5.41, 5.74) is 6.87. The Labute approximate surface area is 121 Å². The van der Waals surface area contributed by atoms with Crippen LogP contribution in [0.4, 0.5) is 11.4 Å². The number of amides is 1. The maximum Gasteiger partial charge on any atom is 0.234 e. The maximum absolute atomic E-state index is 11.9. The van der Waals surface area contributed by atoms with Crippen molar-refractivity contribution in [2.75, 3.05) is 23.9 Å². The number of nitrogen functional groups attached to an aromatic ring is 1. The second-order valence-corrected chi connectivity index (χ2v) is 5.03. The van der Waals surface area contributed by atoms with Crippen molar-refractivity contribution < 1.29 is 9.53 Å². The molecular formula is C14H15N3O2S. The minimum atomic E-state index is -0.102. The Balaban J connectivity index is 1.95. The van der Waals surface area contributed by atoms with Gasteiger partial charge in [0, 0.05) is 29.0 Å². The van der Waals surface area contributed by atoms with E-state index in [0.717, 1.165) is 4.90 Å². The molecule has 20 heavy (non-hydrogen) atoms. The van der Waals surface area contributed by atoms with Gasteiger partial charge in [0.1, 0.15) is 5.75 Å². The molecular weight excluding hydrogens is 274 g/mol. The standard InChI is InChI=1S/C14H15N3O2S/c1-19-13-8-10(15)2-3-12(13)17-14(18)9-20-11-4-6-16-7-5-11/h2-8H,9,15H2,1H3,(H,17,18). The van der Waals surface area contributed by atoms with Crippen LogP contribution in [-0.4, -0.2) is 23.8 Å². The Kier molecular flexibility index (Phi) is 4.84. The van der Waals surface area contributed by atoms with E-state index < -0.39 is 0 Å². The molecule has 1 aromatic heterocycles. The van der Waals surface area contributed by atoms with Crippen LogP contribution in [0.1, 0.15) is 0 Å². The highest BCUT2D eigenvalue weighted by atomic mass is 32.2. The number of nitrogens with two attached hydrogens (primary N) is 1. The zero-order chi connectivity index (χ0) is 14.4. The summed E-state index contributed by atoms with van der Waals surface area (Å²) in [4.78, 5) is 16.8. The molecule has 0 radical (unpaired) electrons. The number of nitrogens with one attached hydrogen (secondary N) is 1. The minimum Gasteiger partial charge on any atom is -0.494 e. The first-order chi connectivity index (χ1) is 9.69. The van der Waals surface area contributed by atoms with Gasteiger partial charge in [0.15, 0.2) is 0 Å². The van der Waals surface area contributed by atoms with Crippen molar-refractivity contribution in [3.8, 4) is 5.75 Å². The smallest absolute Gasteiger partial charge is 0.234 e. The Morgan fingerprint density at radius 1 is 1.35 bits per heavy atom. The quantitative estimate of drug-likeness (QED) is 0.653. The van der Waals surface area contributed by atoms with Crippen LogP contribution >= 0.6 is 11.8 Å². The summed E-state index contributed by atoms with van der Waals surface area (Å²) in [5, 5.41) is 2.80. The number of aromatic nitrogens is 1. The highest BCUT2D eigenvalue weighted by Gasteiger charge is 2.08. The fourth-order valence-electron chi connectivity index (χ4n) is 1.58. The predicted molar refractivity (Wildman–Crippen MR) is 81.0 cm³/mol. The van der Waals surface area contributed by atoms with E-state index in [9.17, 15) is 4.79 Å². The van der Waals surface area contributed by atoms with Crippen LogP contribution in [0.25, 0.3) is 0 Å². The normalized spacial score (nSPS) is 10.1. The lowest BCUT2D eigenvalue weighted by atomic mass is 10.2. The molecule has 0 fully saturated rings. The topological polar surface area (TPSA) is 77.2 Å². The first-order valence-corrected chi connectivity index (χ1v) is 6.94. The van der Waals surface area contributed by atoms with E-state index in [1.54, 1.807) is 30.6 Å². The lowest BCUT2D eigenvalue weighted by molar-refractivity contribution is -0.113. The lowest BCUT2D eigenvalue weighted by Crippen LogP contribution is -2.14. The number of nitrogens with zero attached hydrogens (tertiary/aromatic N) is 1. The molecule has 0 aliphatic rings. The number of pyridine rings is 1. The molecule has 0 atom stereocenters. The number of methoxy groups -OCH3 is 1. The van der Waals surface area contributed by atoms with Gasteiger partial charge in [0.25, 0.3) is 0 Å². The summed E-state index contributed by atoms with van der Waals surface area (Å²) in [5.74, 6) is 0.763. The lowest BCUT2D eigenvalue weighted by Gasteiger charge is -2.10. The van der Waals surface area contributed by atoms with Crippen molar-refractivity contribution in [2.24, 2.45) is 0 Å². The van der Waals surface area contributed by atoms with Crippen molar-refractivity contribution in [2.45, 2.75) is 4.90 Å². The molecule has 2 rings (SSSR count). The van der Waals surface area contributed by atoms with Crippen LogP contribution in [0.5, 0.6) is 5.75 Å². The van der Waals surface area contributed by atoms with Gasteiger partial charge in [-0.15, -0.1) is 11.8 Å². The molecule has 1 amide bonds. The molecule has 0 saturated carbocycles. The van der Waals surface area contributed by atoms with Crippen LogP contribution in [-0.2, 0) is 4.79 Å². The van der Waals surface area contributed by atoms with Crippen molar-refractivity contribution in [3.05, 3.63) is 42.7 Å². The van der Waals surface area contributed by atoms with E-state index >= 15 is 0 Å². The van der Waals surface area contributed by atoms with E-state index in [0.29, 0.717) is 22.9 Å². The molecule has 0 bridgehead atoms. The van der Waals surface area contributed by atoms with Crippen LogP contribution in [0, 0.1) is 0 Å². The maximum atomic E-state index is 11.9. The molecule has 0 unspecified atom stereocenters. The number of carbonyl (C=O) groups is 1. The van der Waals surface area contributed by atoms with E-state index in [1.807, 2.05) is 12.1 Å². The Bertz CT molecular complexity index is 590. The third-order valence-corrected chi connectivity index (χ3v) is 3.53. The van der Waals surface area contributed by atoms with Crippen molar-refractivity contribution in [1.29, 1.82) is 0 Å². The monoisotopic (exact) mass is 289 g/mol. The van der Waals surface area contributed by atoms with Crippen LogP contribution in [0.15, 0.2) is 47.6 Å². The summed E-state index contributed by atoms with van der Waals surface area (Å²) in [6.45, 7) is 0. The first kappa shape index (κ1) is 14.2. The molecule has 5 nitrogen and oxygen atoms in total. The summed E-state index contributed by atoms with van der Waals surface area (Å²) >= 11 is 1.45.